The van der Waals surface area contributed by atoms with Crippen molar-refractivity contribution in [3.8, 4) is 0 Å². The van der Waals surface area contributed by atoms with E-state index < -0.39 is 22.6 Å². The van der Waals surface area contributed by atoms with Gasteiger partial charge in [0, 0.05) is 31.7 Å². The molecule has 1 unspecified atom stereocenters. The standard InChI is InChI=1S/C22H28N2O4/c1-4-14-12-24-10-9-21-15-7-5-6-8-17(15)23(2)22(21,24)18(26)11-16(14)20(21,13-25)19(27)28-3/h4-8,16,18,25-26H,9-13H2,1-3H3/b14-4-/t16-,18-,20-,21-,22-/m0/s1. The first-order valence-electron chi connectivity index (χ1n) is 10.1. The third-order valence-corrected chi connectivity index (χ3v) is 8.37. The monoisotopic (exact) mass is 384 g/mol. The van der Waals surface area contributed by atoms with E-state index in [9.17, 15) is 15.0 Å². The highest BCUT2D eigenvalue weighted by molar-refractivity contribution is 5.86. The van der Waals surface area contributed by atoms with Gasteiger partial charge in [0.1, 0.15) is 11.1 Å². The molecule has 1 aromatic carbocycles. The van der Waals surface area contributed by atoms with E-state index in [4.69, 9.17) is 4.74 Å². The Morgan fingerprint density at radius 1 is 1.39 bits per heavy atom. The number of methoxy groups -OCH3 is 1. The molecule has 1 aromatic rings. The maximum atomic E-state index is 13.5. The molecule has 3 saturated heterocycles. The zero-order chi connectivity index (χ0) is 19.9. The molecular weight excluding hydrogens is 356 g/mol. The van der Waals surface area contributed by atoms with Gasteiger partial charge in [-0.25, -0.2) is 0 Å². The number of rotatable bonds is 2. The number of ether oxygens (including phenoxy) is 1. The lowest BCUT2D eigenvalue weighted by atomic mass is 9.45. The van der Waals surface area contributed by atoms with E-state index in [1.54, 1.807) is 0 Å². The number of benzene rings is 1. The van der Waals surface area contributed by atoms with Crippen molar-refractivity contribution < 1.29 is 19.7 Å². The van der Waals surface area contributed by atoms with Crippen LogP contribution in [-0.2, 0) is 14.9 Å². The van der Waals surface area contributed by atoms with Gasteiger partial charge in [0.05, 0.1) is 25.2 Å². The molecule has 4 bridgehead atoms. The van der Waals surface area contributed by atoms with Crippen LogP contribution in [0, 0.1) is 11.3 Å². The van der Waals surface area contributed by atoms with Crippen LogP contribution < -0.4 is 4.90 Å². The maximum Gasteiger partial charge on any atom is 0.315 e. The summed E-state index contributed by atoms with van der Waals surface area (Å²) in [7, 11) is 3.42. The Morgan fingerprint density at radius 2 is 2.14 bits per heavy atom. The predicted octanol–water partition coefficient (Wildman–Crippen LogP) is 1.27. The Kier molecular flexibility index (Phi) is 3.62. The topological polar surface area (TPSA) is 73.2 Å². The van der Waals surface area contributed by atoms with Crippen molar-refractivity contribution in [3.05, 3.63) is 41.5 Å². The van der Waals surface area contributed by atoms with Gasteiger partial charge in [-0.3, -0.25) is 9.69 Å². The minimum absolute atomic E-state index is 0.261. The van der Waals surface area contributed by atoms with Crippen molar-refractivity contribution in [1.82, 2.24) is 4.90 Å². The van der Waals surface area contributed by atoms with Gasteiger partial charge in [0.2, 0.25) is 0 Å². The summed E-state index contributed by atoms with van der Waals surface area (Å²) in [5.41, 5.74) is 0.539. The summed E-state index contributed by atoms with van der Waals surface area (Å²) in [6.07, 6.45) is 2.56. The van der Waals surface area contributed by atoms with Gasteiger partial charge in [-0.1, -0.05) is 29.8 Å². The summed E-state index contributed by atoms with van der Waals surface area (Å²) in [5, 5.41) is 22.5. The number of hydrogen-bond donors (Lipinski definition) is 2. The molecule has 0 amide bonds. The number of likely N-dealkylation sites (N-methyl/N-ethyl adjacent to an activating group) is 1. The summed E-state index contributed by atoms with van der Waals surface area (Å²) in [6, 6.07) is 8.11. The number of hydrogen-bond acceptors (Lipinski definition) is 6. The van der Waals surface area contributed by atoms with Gasteiger partial charge in [-0.2, -0.15) is 0 Å². The highest BCUT2D eigenvalue weighted by Crippen LogP contribution is 2.73. The van der Waals surface area contributed by atoms with Crippen molar-refractivity contribution in [1.29, 1.82) is 0 Å². The molecule has 1 saturated carbocycles. The summed E-state index contributed by atoms with van der Waals surface area (Å²) in [4.78, 5) is 18.1. The van der Waals surface area contributed by atoms with Crippen LogP contribution >= 0.6 is 0 Å². The first kappa shape index (κ1) is 18.2. The molecule has 1 spiro atoms. The molecule has 6 rings (SSSR count). The van der Waals surface area contributed by atoms with Crippen LogP contribution in [0.15, 0.2) is 35.9 Å². The third-order valence-electron chi connectivity index (χ3n) is 8.37. The number of esters is 1. The Balaban J connectivity index is 1.96. The van der Waals surface area contributed by atoms with Gasteiger partial charge in [0.15, 0.2) is 0 Å². The lowest BCUT2D eigenvalue weighted by Crippen LogP contribution is -2.77. The summed E-state index contributed by atoms with van der Waals surface area (Å²) < 4.78 is 5.38. The molecule has 4 fully saturated rings. The maximum absolute atomic E-state index is 13.5. The Labute approximate surface area is 165 Å². The number of carbonyl (C=O) groups is 1. The van der Waals surface area contributed by atoms with E-state index in [-0.39, 0.29) is 18.5 Å². The van der Waals surface area contributed by atoms with Crippen molar-refractivity contribution in [3.63, 3.8) is 0 Å². The molecule has 4 aliphatic heterocycles. The second kappa shape index (κ2) is 5.59. The van der Waals surface area contributed by atoms with Crippen LogP contribution in [0.3, 0.4) is 0 Å². The van der Waals surface area contributed by atoms with Crippen LogP contribution in [0.2, 0.25) is 0 Å². The second-order valence-corrected chi connectivity index (χ2v) is 8.67. The summed E-state index contributed by atoms with van der Waals surface area (Å²) in [6.45, 7) is 3.14. The molecule has 4 heterocycles. The van der Waals surface area contributed by atoms with Crippen molar-refractivity contribution >= 4 is 11.7 Å². The fourth-order valence-corrected chi connectivity index (χ4v) is 7.56. The minimum atomic E-state index is -1.13. The van der Waals surface area contributed by atoms with Crippen LogP contribution in [0.25, 0.3) is 0 Å². The molecule has 6 nitrogen and oxygen atoms in total. The highest BCUT2D eigenvalue weighted by Gasteiger charge is 2.84. The Morgan fingerprint density at radius 3 is 2.82 bits per heavy atom. The number of aliphatic hydroxyl groups excluding tert-OH is 2. The van der Waals surface area contributed by atoms with Gasteiger partial charge >= 0.3 is 5.97 Å². The zero-order valence-electron chi connectivity index (χ0n) is 16.7. The molecule has 5 aliphatic rings. The first-order valence-corrected chi connectivity index (χ1v) is 10.1. The van der Waals surface area contributed by atoms with E-state index in [1.165, 1.54) is 7.11 Å². The molecule has 6 heteroatoms. The Bertz CT molecular complexity index is 885. The average Bonchev–Trinajstić information content (AvgIpc) is 3.10. The molecule has 28 heavy (non-hydrogen) atoms. The van der Waals surface area contributed by atoms with Gasteiger partial charge in [-0.15, -0.1) is 0 Å². The largest absolute Gasteiger partial charge is 0.468 e. The summed E-state index contributed by atoms with van der Waals surface area (Å²) in [5.74, 6) is -0.632. The second-order valence-electron chi connectivity index (χ2n) is 8.67. The number of anilines is 1. The van der Waals surface area contributed by atoms with E-state index >= 15 is 0 Å². The van der Waals surface area contributed by atoms with Crippen molar-refractivity contribution in [2.24, 2.45) is 11.3 Å². The predicted molar refractivity (Wildman–Crippen MR) is 105 cm³/mol. The van der Waals surface area contributed by atoms with Crippen LogP contribution in [-0.4, -0.2) is 66.7 Å². The molecule has 150 valence electrons. The van der Waals surface area contributed by atoms with Crippen molar-refractivity contribution in [2.45, 2.75) is 36.9 Å². The molecule has 6 atom stereocenters. The van der Waals surface area contributed by atoms with E-state index in [2.05, 4.69) is 28.0 Å². The quantitative estimate of drug-likeness (QED) is 0.591. The SMILES string of the molecule is C/C=C1/CN2CC[C@@]34c5ccccc5N(C)[C@@]23[C@@H](O)C[C@@H]1[C@@]4(CO)C(=O)OC. The normalized spacial score (nSPS) is 44.4. The summed E-state index contributed by atoms with van der Waals surface area (Å²) >= 11 is 0. The Hall–Kier alpha value is -1.89. The molecular formula is C22H28N2O4. The molecule has 2 N–H and O–H groups in total. The number of para-hydroxylation sites is 1. The number of allylic oxidation sites excluding steroid dienone is 1. The van der Waals surface area contributed by atoms with Crippen LogP contribution in [0.5, 0.6) is 0 Å². The molecule has 0 aromatic heterocycles. The molecule has 1 aliphatic carbocycles. The van der Waals surface area contributed by atoms with Crippen LogP contribution in [0.1, 0.15) is 25.3 Å². The van der Waals surface area contributed by atoms with Gasteiger partial charge in [0.25, 0.3) is 0 Å². The number of carbonyl (C=O) groups excluding carboxylic acids is 1. The first-order chi connectivity index (χ1) is 13.5. The fraction of sp³-hybridized carbons (Fsp3) is 0.591. The third kappa shape index (κ3) is 1.52. The zero-order valence-corrected chi connectivity index (χ0v) is 16.7. The highest BCUT2D eigenvalue weighted by atomic mass is 16.5. The van der Waals surface area contributed by atoms with E-state index in [0.29, 0.717) is 19.4 Å². The van der Waals surface area contributed by atoms with Gasteiger partial charge < -0.3 is 19.8 Å². The number of nitrogens with zero attached hydrogens (tertiary/aromatic N) is 2. The van der Waals surface area contributed by atoms with E-state index in [1.807, 2.05) is 26.1 Å². The van der Waals surface area contributed by atoms with Crippen molar-refractivity contribution in [2.75, 3.05) is 38.8 Å². The van der Waals surface area contributed by atoms with Gasteiger partial charge in [-0.05, 0) is 31.4 Å². The smallest absolute Gasteiger partial charge is 0.315 e. The van der Waals surface area contributed by atoms with E-state index in [0.717, 1.165) is 23.4 Å². The average molecular weight is 384 g/mol. The number of aliphatic hydroxyl groups is 2. The molecule has 0 radical (unpaired) electrons. The number of fused-ring (bicyclic) bond motifs is 3. The van der Waals surface area contributed by atoms with Crippen LogP contribution in [0.4, 0.5) is 5.69 Å². The lowest BCUT2D eigenvalue weighted by molar-refractivity contribution is -0.187. The minimum Gasteiger partial charge on any atom is -0.468 e. The fourth-order valence-electron chi connectivity index (χ4n) is 7.56. The lowest BCUT2D eigenvalue weighted by Gasteiger charge is -2.61.